The highest BCUT2D eigenvalue weighted by atomic mass is 79.9. The van der Waals surface area contributed by atoms with Crippen LogP contribution in [0.5, 0.6) is 0 Å². The number of hydrogen-bond acceptors (Lipinski definition) is 4. The van der Waals surface area contributed by atoms with Crippen LogP contribution in [0.4, 0.5) is 13.2 Å². The third kappa shape index (κ3) is 3.84. The van der Waals surface area contributed by atoms with Crippen LogP contribution >= 0.6 is 27.3 Å². The Morgan fingerprint density at radius 1 is 1.20 bits per heavy atom. The standard InChI is InChI=1S/C20H14BrF3N4OS/c1-11(12-6-3-2-4-7-12)25-19(29)17-16(21)18-26-13(14-8-5-9-30-14)10-15(20(22,23)24)28(18)27-17/h2-11H,1H3,(H,25,29). The number of benzene rings is 1. The van der Waals surface area contributed by atoms with E-state index in [4.69, 9.17) is 0 Å². The van der Waals surface area contributed by atoms with Crippen molar-refractivity contribution in [1.82, 2.24) is 19.9 Å². The first-order chi connectivity index (χ1) is 14.3. The molecule has 0 radical (unpaired) electrons. The third-order valence-corrected chi connectivity index (χ3v) is 6.08. The van der Waals surface area contributed by atoms with Gasteiger partial charge in [0.15, 0.2) is 17.0 Å². The lowest BCUT2D eigenvalue weighted by molar-refractivity contribution is -0.142. The van der Waals surface area contributed by atoms with Gasteiger partial charge in [0.05, 0.1) is 21.1 Å². The topological polar surface area (TPSA) is 59.3 Å². The number of carbonyl (C=O) groups is 1. The van der Waals surface area contributed by atoms with Gasteiger partial charge in [-0.3, -0.25) is 4.79 Å². The second kappa shape index (κ2) is 7.84. The van der Waals surface area contributed by atoms with Gasteiger partial charge in [0.1, 0.15) is 0 Å². The van der Waals surface area contributed by atoms with E-state index in [1.165, 1.54) is 11.3 Å². The van der Waals surface area contributed by atoms with Gasteiger partial charge in [-0.25, -0.2) is 9.50 Å². The first-order valence-electron chi connectivity index (χ1n) is 8.82. The van der Waals surface area contributed by atoms with Gasteiger partial charge in [0, 0.05) is 0 Å². The van der Waals surface area contributed by atoms with E-state index in [-0.39, 0.29) is 27.5 Å². The second-order valence-electron chi connectivity index (χ2n) is 6.51. The van der Waals surface area contributed by atoms with Crippen molar-refractivity contribution in [1.29, 1.82) is 0 Å². The molecular weight excluding hydrogens is 481 g/mol. The Balaban J connectivity index is 1.78. The number of amides is 1. The number of nitrogens with one attached hydrogen (secondary N) is 1. The fourth-order valence-electron chi connectivity index (χ4n) is 2.98. The van der Waals surface area contributed by atoms with Crippen LogP contribution in [-0.4, -0.2) is 20.5 Å². The van der Waals surface area contributed by atoms with Crippen molar-refractivity contribution in [2.24, 2.45) is 0 Å². The summed E-state index contributed by atoms with van der Waals surface area (Å²) in [6.45, 7) is 1.78. The second-order valence-corrected chi connectivity index (χ2v) is 8.25. The minimum atomic E-state index is -4.68. The minimum absolute atomic E-state index is 0.0780. The first-order valence-corrected chi connectivity index (χ1v) is 10.5. The molecule has 0 aliphatic carbocycles. The lowest BCUT2D eigenvalue weighted by Crippen LogP contribution is -2.27. The molecule has 1 aromatic carbocycles. The molecule has 0 saturated carbocycles. The van der Waals surface area contributed by atoms with Crippen LogP contribution in [0, 0.1) is 0 Å². The normalized spacial score (nSPS) is 12.8. The minimum Gasteiger partial charge on any atom is -0.344 e. The number of nitrogens with zero attached hydrogens (tertiary/aromatic N) is 3. The van der Waals surface area contributed by atoms with E-state index in [1.807, 2.05) is 30.3 Å². The van der Waals surface area contributed by atoms with E-state index in [9.17, 15) is 18.0 Å². The fraction of sp³-hybridized carbons (Fsp3) is 0.150. The van der Waals surface area contributed by atoms with Crippen molar-refractivity contribution in [3.05, 3.63) is 75.3 Å². The smallest absolute Gasteiger partial charge is 0.344 e. The van der Waals surface area contributed by atoms with Gasteiger partial charge in [-0.05, 0) is 45.9 Å². The number of thiophene rings is 1. The van der Waals surface area contributed by atoms with Gasteiger partial charge in [-0.15, -0.1) is 11.3 Å². The maximum Gasteiger partial charge on any atom is 0.433 e. The molecular formula is C20H14BrF3N4OS. The molecule has 0 fully saturated rings. The lowest BCUT2D eigenvalue weighted by atomic mass is 10.1. The number of carbonyl (C=O) groups excluding carboxylic acids is 1. The van der Waals surface area contributed by atoms with Crippen molar-refractivity contribution in [3.63, 3.8) is 0 Å². The maximum absolute atomic E-state index is 13.7. The molecule has 1 atom stereocenters. The first kappa shape index (κ1) is 20.5. The summed E-state index contributed by atoms with van der Waals surface area (Å²) in [7, 11) is 0. The average Bonchev–Trinajstić information content (AvgIpc) is 3.36. The van der Waals surface area contributed by atoms with Crippen LogP contribution in [0.25, 0.3) is 16.2 Å². The van der Waals surface area contributed by atoms with Crippen LogP contribution < -0.4 is 5.32 Å². The summed E-state index contributed by atoms with van der Waals surface area (Å²) in [4.78, 5) is 17.7. The summed E-state index contributed by atoms with van der Waals surface area (Å²) in [6, 6.07) is 13.2. The molecule has 0 aliphatic rings. The molecule has 4 aromatic rings. The molecule has 4 rings (SSSR count). The summed E-state index contributed by atoms with van der Waals surface area (Å²) in [5.74, 6) is -0.602. The number of fused-ring (bicyclic) bond motifs is 1. The molecule has 10 heteroatoms. The molecule has 1 amide bonds. The number of hydrogen-bond donors (Lipinski definition) is 1. The van der Waals surface area contributed by atoms with Crippen LogP contribution in [0.2, 0.25) is 0 Å². The van der Waals surface area contributed by atoms with Crippen LogP contribution in [-0.2, 0) is 6.18 Å². The van der Waals surface area contributed by atoms with Gasteiger partial charge >= 0.3 is 6.18 Å². The Labute approximate surface area is 181 Å². The Hall–Kier alpha value is -2.72. The van der Waals surface area contributed by atoms with Gasteiger partial charge in [-0.1, -0.05) is 36.4 Å². The Kier molecular flexibility index (Phi) is 5.37. The van der Waals surface area contributed by atoms with Crippen molar-refractivity contribution in [2.45, 2.75) is 19.1 Å². The van der Waals surface area contributed by atoms with E-state index >= 15 is 0 Å². The van der Waals surface area contributed by atoms with E-state index in [2.05, 4.69) is 31.3 Å². The summed E-state index contributed by atoms with van der Waals surface area (Å²) >= 11 is 4.50. The number of aromatic nitrogens is 3. The molecule has 0 aliphatic heterocycles. The zero-order valence-electron chi connectivity index (χ0n) is 15.4. The monoisotopic (exact) mass is 494 g/mol. The van der Waals surface area contributed by atoms with Gasteiger partial charge < -0.3 is 5.32 Å². The fourth-order valence-corrected chi connectivity index (χ4v) is 4.18. The van der Waals surface area contributed by atoms with Crippen molar-refractivity contribution < 1.29 is 18.0 Å². The van der Waals surface area contributed by atoms with Crippen molar-refractivity contribution >= 4 is 38.8 Å². The largest absolute Gasteiger partial charge is 0.433 e. The zero-order valence-corrected chi connectivity index (χ0v) is 17.8. The lowest BCUT2D eigenvalue weighted by Gasteiger charge is -2.13. The summed E-state index contributed by atoms with van der Waals surface area (Å²) in [5, 5.41) is 8.44. The number of halogens is 4. The molecule has 5 nitrogen and oxygen atoms in total. The number of alkyl halides is 3. The molecule has 154 valence electrons. The number of rotatable bonds is 4. The Morgan fingerprint density at radius 3 is 2.57 bits per heavy atom. The zero-order chi connectivity index (χ0) is 21.5. The highest BCUT2D eigenvalue weighted by Gasteiger charge is 2.36. The molecule has 3 aromatic heterocycles. The highest BCUT2D eigenvalue weighted by molar-refractivity contribution is 9.10. The van der Waals surface area contributed by atoms with Crippen LogP contribution in [0.3, 0.4) is 0 Å². The Bertz CT molecular complexity index is 1210. The van der Waals surface area contributed by atoms with E-state index in [0.717, 1.165) is 11.6 Å². The predicted octanol–water partition coefficient (Wildman–Crippen LogP) is 5.73. The summed E-state index contributed by atoms with van der Waals surface area (Å²) in [5.41, 5.74) is -0.230. The molecule has 1 unspecified atom stereocenters. The average molecular weight is 495 g/mol. The van der Waals surface area contributed by atoms with Crippen LogP contribution in [0.15, 0.2) is 58.4 Å². The van der Waals surface area contributed by atoms with Crippen molar-refractivity contribution in [3.8, 4) is 10.6 Å². The molecule has 0 saturated heterocycles. The summed E-state index contributed by atoms with van der Waals surface area (Å²) in [6.07, 6.45) is -4.68. The van der Waals surface area contributed by atoms with Gasteiger partial charge in [0.2, 0.25) is 0 Å². The van der Waals surface area contributed by atoms with Gasteiger partial charge in [0.25, 0.3) is 5.91 Å². The van der Waals surface area contributed by atoms with Crippen molar-refractivity contribution in [2.75, 3.05) is 0 Å². The third-order valence-electron chi connectivity index (χ3n) is 4.46. The molecule has 0 bridgehead atoms. The van der Waals surface area contributed by atoms with E-state index in [0.29, 0.717) is 9.39 Å². The summed E-state index contributed by atoms with van der Waals surface area (Å²) < 4.78 is 41.9. The van der Waals surface area contributed by atoms with Gasteiger partial charge in [-0.2, -0.15) is 18.3 Å². The molecule has 3 heterocycles. The molecule has 30 heavy (non-hydrogen) atoms. The predicted molar refractivity (Wildman–Crippen MR) is 111 cm³/mol. The molecule has 1 N–H and O–H groups in total. The van der Waals surface area contributed by atoms with Crippen LogP contribution in [0.1, 0.15) is 34.7 Å². The highest BCUT2D eigenvalue weighted by Crippen LogP contribution is 2.35. The van der Waals surface area contributed by atoms with E-state index < -0.39 is 17.8 Å². The molecule has 0 spiro atoms. The van der Waals surface area contributed by atoms with E-state index in [1.54, 1.807) is 24.4 Å². The maximum atomic E-state index is 13.7. The Morgan fingerprint density at radius 2 is 1.93 bits per heavy atom. The SMILES string of the molecule is CC(NC(=O)c1nn2c(C(F)(F)F)cc(-c3cccs3)nc2c1Br)c1ccccc1. The quantitative estimate of drug-likeness (QED) is 0.394.